The van der Waals surface area contributed by atoms with Crippen LogP contribution in [0.2, 0.25) is 0 Å². The van der Waals surface area contributed by atoms with E-state index in [0.29, 0.717) is 0 Å². The summed E-state index contributed by atoms with van der Waals surface area (Å²) in [6, 6.07) is 20.5. The third-order valence-corrected chi connectivity index (χ3v) is 2.94. The Labute approximate surface area is 107 Å². The summed E-state index contributed by atoms with van der Waals surface area (Å²) in [6.45, 7) is 0. The minimum Gasteiger partial charge on any atom is -0.277 e. The fourth-order valence-corrected chi connectivity index (χ4v) is 2.04. The number of nitrogens with zero attached hydrogens (tertiary/aromatic N) is 2. The first kappa shape index (κ1) is 10.7. The van der Waals surface area contributed by atoms with Crippen LogP contribution in [0.3, 0.4) is 0 Å². The Morgan fingerprint density at radius 2 is 1.44 bits per heavy atom. The van der Waals surface area contributed by atoms with Gasteiger partial charge in [-0.2, -0.15) is 5.12 Å². The molecule has 0 fully saturated rings. The van der Waals surface area contributed by atoms with Crippen molar-refractivity contribution in [3.05, 3.63) is 72.4 Å². The molecule has 0 spiro atoms. The first-order valence-electron chi connectivity index (χ1n) is 5.96. The van der Waals surface area contributed by atoms with Crippen LogP contribution in [0.4, 0.5) is 5.69 Å². The second-order valence-corrected chi connectivity index (χ2v) is 4.24. The van der Waals surface area contributed by atoms with Gasteiger partial charge in [0, 0.05) is 18.8 Å². The topological polar surface area (TPSA) is 18.5 Å². The zero-order valence-corrected chi connectivity index (χ0v) is 10.2. The first-order valence-corrected chi connectivity index (χ1v) is 5.96. The van der Waals surface area contributed by atoms with Crippen LogP contribution in [0.5, 0.6) is 0 Å². The molecular formula is C15H15N3. The molecule has 0 aromatic heterocycles. The second-order valence-electron chi connectivity index (χ2n) is 4.24. The van der Waals surface area contributed by atoms with Crippen molar-refractivity contribution in [2.75, 3.05) is 12.2 Å². The number of rotatable bonds is 2. The van der Waals surface area contributed by atoms with Gasteiger partial charge in [-0.05, 0) is 12.1 Å². The van der Waals surface area contributed by atoms with Gasteiger partial charge < -0.3 is 0 Å². The Morgan fingerprint density at radius 3 is 2.11 bits per heavy atom. The lowest BCUT2D eigenvalue weighted by molar-refractivity contribution is 0.419. The summed E-state index contributed by atoms with van der Waals surface area (Å²) in [6.07, 6.45) is 2.09. The van der Waals surface area contributed by atoms with Crippen molar-refractivity contribution in [3.8, 4) is 0 Å². The van der Waals surface area contributed by atoms with E-state index in [0.717, 1.165) is 11.4 Å². The van der Waals surface area contributed by atoms with Gasteiger partial charge in [0.25, 0.3) is 0 Å². The van der Waals surface area contributed by atoms with Gasteiger partial charge in [0.2, 0.25) is 0 Å². The molecule has 3 heteroatoms. The molecule has 0 atom stereocenters. The third kappa shape index (κ3) is 1.91. The van der Waals surface area contributed by atoms with Gasteiger partial charge in [-0.25, -0.2) is 0 Å². The molecule has 0 saturated carbocycles. The van der Waals surface area contributed by atoms with Crippen LogP contribution in [-0.2, 0) is 0 Å². The predicted octanol–water partition coefficient (Wildman–Crippen LogP) is 2.86. The van der Waals surface area contributed by atoms with Gasteiger partial charge in [-0.3, -0.25) is 10.4 Å². The normalized spacial score (nSPS) is 14.4. The van der Waals surface area contributed by atoms with Crippen molar-refractivity contribution < 1.29 is 0 Å². The number of anilines is 1. The highest BCUT2D eigenvalue weighted by Gasteiger charge is 2.19. The van der Waals surface area contributed by atoms with Crippen LogP contribution in [0.25, 0.3) is 5.70 Å². The molecule has 18 heavy (non-hydrogen) atoms. The highest BCUT2D eigenvalue weighted by Crippen LogP contribution is 2.23. The van der Waals surface area contributed by atoms with Gasteiger partial charge in [0.15, 0.2) is 0 Å². The number of benzene rings is 2. The largest absolute Gasteiger partial charge is 0.277 e. The van der Waals surface area contributed by atoms with E-state index in [4.69, 9.17) is 0 Å². The van der Waals surface area contributed by atoms with Crippen LogP contribution in [0.15, 0.2) is 66.9 Å². The van der Waals surface area contributed by atoms with Crippen molar-refractivity contribution >= 4 is 11.4 Å². The summed E-state index contributed by atoms with van der Waals surface area (Å²) in [7, 11) is 2.02. The predicted molar refractivity (Wildman–Crippen MR) is 74.2 cm³/mol. The van der Waals surface area contributed by atoms with Crippen molar-refractivity contribution in [1.82, 2.24) is 10.4 Å². The Bertz CT molecular complexity index is 548. The minimum atomic E-state index is 1.10. The number of hydrogen-bond donors (Lipinski definition) is 1. The Morgan fingerprint density at radius 1 is 0.833 bits per heavy atom. The van der Waals surface area contributed by atoms with Gasteiger partial charge in [-0.15, -0.1) is 0 Å². The van der Waals surface area contributed by atoms with Crippen LogP contribution >= 0.6 is 0 Å². The van der Waals surface area contributed by atoms with Gasteiger partial charge in [-0.1, -0.05) is 48.5 Å². The van der Waals surface area contributed by atoms with Crippen molar-refractivity contribution in [1.29, 1.82) is 0 Å². The van der Waals surface area contributed by atoms with Crippen LogP contribution in [0.1, 0.15) is 5.56 Å². The molecule has 0 bridgehead atoms. The van der Waals surface area contributed by atoms with Crippen molar-refractivity contribution in [3.63, 3.8) is 0 Å². The molecule has 0 saturated heterocycles. The van der Waals surface area contributed by atoms with Gasteiger partial charge >= 0.3 is 0 Å². The molecular weight excluding hydrogens is 222 g/mol. The highest BCUT2D eigenvalue weighted by molar-refractivity contribution is 5.68. The van der Waals surface area contributed by atoms with E-state index in [9.17, 15) is 0 Å². The molecule has 2 aromatic rings. The maximum absolute atomic E-state index is 3.39. The maximum Gasteiger partial charge on any atom is 0.0813 e. The summed E-state index contributed by atoms with van der Waals surface area (Å²) in [5, 5.41) is 4.06. The summed E-state index contributed by atoms with van der Waals surface area (Å²) in [5.41, 5.74) is 6.79. The lowest BCUT2D eigenvalue weighted by atomic mass is 10.2. The number of para-hydroxylation sites is 1. The maximum atomic E-state index is 3.39. The van der Waals surface area contributed by atoms with E-state index in [1.165, 1.54) is 5.56 Å². The molecule has 0 aliphatic carbocycles. The fourth-order valence-electron chi connectivity index (χ4n) is 2.04. The molecule has 3 rings (SSSR count). The first-order chi connectivity index (χ1) is 8.84. The molecule has 1 heterocycles. The lowest BCUT2D eigenvalue weighted by Gasteiger charge is -2.27. The molecule has 90 valence electrons. The summed E-state index contributed by atoms with van der Waals surface area (Å²) < 4.78 is 0. The minimum absolute atomic E-state index is 1.10. The average molecular weight is 237 g/mol. The SMILES string of the molecule is CN1C=C(c2ccccc2)NN1c1ccccc1. The van der Waals surface area contributed by atoms with Gasteiger partial charge in [0.1, 0.15) is 0 Å². The molecule has 2 aromatic carbocycles. The smallest absolute Gasteiger partial charge is 0.0813 e. The highest BCUT2D eigenvalue weighted by atomic mass is 15.8. The van der Waals surface area contributed by atoms with Gasteiger partial charge in [0.05, 0.1) is 11.4 Å². The molecule has 1 N–H and O–H groups in total. The van der Waals surface area contributed by atoms with E-state index >= 15 is 0 Å². The molecule has 1 aliphatic heterocycles. The Balaban J connectivity index is 1.85. The summed E-state index contributed by atoms with van der Waals surface area (Å²) in [4.78, 5) is 0. The van der Waals surface area contributed by atoms with E-state index in [1.807, 2.05) is 53.6 Å². The standard InChI is InChI=1S/C15H15N3/c1-17-12-15(13-8-4-2-5-9-13)16-18(17)14-10-6-3-7-11-14/h2-12,16H,1H3. The van der Waals surface area contributed by atoms with Crippen LogP contribution in [0, 0.1) is 0 Å². The van der Waals surface area contributed by atoms with E-state index in [-0.39, 0.29) is 0 Å². The third-order valence-electron chi connectivity index (χ3n) is 2.94. The number of nitrogens with one attached hydrogen (secondary N) is 1. The molecule has 1 aliphatic rings. The Kier molecular flexibility index (Phi) is 2.65. The zero-order valence-electron chi connectivity index (χ0n) is 10.2. The second kappa shape index (κ2) is 4.45. The van der Waals surface area contributed by atoms with Crippen LogP contribution < -0.4 is 10.5 Å². The van der Waals surface area contributed by atoms with Crippen molar-refractivity contribution in [2.45, 2.75) is 0 Å². The Hall–Kier alpha value is -2.42. The lowest BCUT2D eigenvalue weighted by Crippen LogP contribution is -2.40. The number of hydrogen-bond acceptors (Lipinski definition) is 3. The summed E-state index contributed by atoms with van der Waals surface area (Å²) >= 11 is 0. The monoisotopic (exact) mass is 237 g/mol. The van der Waals surface area contributed by atoms with Crippen molar-refractivity contribution in [2.24, 2.45) is 0 Å². The average Bonchev–Trinajstić information content (AvgIpc) is 2.83. The fraction of sp³-hybridized carbons (Fsp3) is 0.0667. The zero-order chi connectivity index (χ0) is 12.4. The quantitative estimate of drug-likeness (QED) is 0.866. The molecule has 0 amide bonds. The molecule has 0 unspecified atom stereocenters. The molecule has 3 nitrogen and oxygen atoms in total. The van der Waals surface area contributed by atoms with E-state index in [2.05, 4.69) is 35.9 Å². The number of hydrazine groups is 2. The van der Waals surface area contributed by atoms with Crippen LogP contribution in [-0.4, -0.2) is 12.1 Å². The summed E-state index contributed by atoms with van der Waals surface area (Å²) in [5.74, 6) is 0. The molecule has 0 radical (unpaired) electrons. The van der Waals surface area contributed by atoms with E-state index < -0.39 is 0 Å². The van der Waals surface area contributed by atoms with E-state index in [1.54, 1.807) is 0 Å².